The molecule has 0 spiro atoms. The molecule has 13 heavy (non-hydrogen) atoms. The predicted molar refractivity (Wildman–Crippen MR) is 63.1 cm³/mol. The Labute approximate surface area is 84.5 Å². The molecule has 1 unspecified atom stereocenters. The molecular formula is C10H29N3. The first-order chi connectivity index (χ1) is 6.26. The van der Waals surface area contributed by atoms with Gasteiger partial charge in [-0.2, -0.15) is 0 Å². The van der Waals surface area contributed by atoms with Crippen LogP contribution in [-0.4, -0.2) is 33.7 Å². The van der Waals surface area contributed by atoms with Gasteiger partial charge in [-0.05, 0) is 40.5 Å². The van der Waals surface area contributed by atoms with E-state index in [1.54, 1.807) is 0 Å². The maximum atomic E-state index is 5.34. The Morgan fingerprint density at radius 2 is 1.54 bits per heavy atom. The lowest BCUT2D eigenvalue weighted by Crippen LogP contribution is -2.26. The van der Waals surface area contributed by atoms with Crippen molar-refractivity contribution in [2.75, 3.05) is 27.7 Å². The lowest BCUT2D eigenvalue weighted by molar-refractivity contribution is 0.515. The van der Waals surface area contributed by atoms with Crippen LogP contribution in [0.25, 0.3) is 0 Å². The largest absolute Gasteiger partial charge is 0.330 e. The summed E-state index contributed by atoms with van der Waals surface area (Å²) in [6.07, 6.45) is 2.26. The molecule has 0 amide bonds. The Hall–Kier alpha value is -0.120. The minimum Gasteiger partial charge on any atom is -0.330 e. The van der Waals surface area contributed by atoms with Gasteiger partial charge in [0.2, 0.25) is 0 Å². The summed E-state index contributed by atoms with van der Waals surface area (Å²) in [7, 11) is 5.73. The van der Waals surface area contributed by atoms with E-state index in [0.717, 1.165) is 13.0 Å². The fourth-order valence-electron chi connectivity index (χ4n) is 0.754. The number of nitrogens with two attached hydrogens (primary N) is 1. The minimum absolute atomic E-state index is 0.625. The lowest BCUT2D eigenvalue weighted by Gasteiger charge is -2.10. The van der Waals surface area contributed by atoms with E-state index in [4.69, 9.17) is 5.73 Å². The first kappa shape index (κ1) is 18.6. The predicted octanol–water partition coefficient (Wildman–Crippen LogP) is 1.20. The lowest BCUT2D eigenvalue weighted by atomic mass is 10.1. The molecule has 0 aromatic rings. The van der Waals surface area contributed by atoms with E-state index in [2.05, 4.69) is 17.6 Å². The molecule has 1 atom stereocenters. The Kier molecular flexibility index (Phi) is 32.4. The molecule has 0 fully saturated rings. The third kappa shape index (κ3) is 24.5. The van der Waals surface area contributed by atoms with Gasteiger partial charge in [0, 0.05) is 6.04 Å². The van der Waals surface area contributed by atoms with Crippen LogP contribution in [0.4, 0.5) is 0 Å². The van der Waals surface area contributed by atoms with Gasteiger partial charge < -0.3 is 16.4 Å². The summed E-state index contributed by atoms with van der Waals surface area (Å²) in [6, 6.07) is 0.625. The summed E-state index contributed by atoms with van der Waals surface area (Å²) < 4.78 is 0. The summed E-state index contributed by atoms with van der Waals surface area (Å²) in [5.74, 6) is 0. The number of hydrogen-bond donors (Lipinski definition) is 3. The average molecular weight is 191 g/mol. The SMILES string of the molecule is CC.CCC(CCN)NC.CNC. The van der Waals surface area contributed by atoms with Crippen LogP contribution in [-0.2, 0) is 0 Å². The number of rotatable bonds is 4. The highest BCUT2D eigenvalue weighted by Crippen LogP contribution is 1.92. The molecule has 0 aliphatic carbocycles. The van der Waals surface area contributed by atoms with Crippen molar-refractivity contribution in [3.8, 4) is 0 Å². The summed E-state index contributed by atoms with van der Waals surface area (Å²) in [4.78, 5) is 0. The van der Waals surface area contributed by atoms with Crippen molar-refractivity contribution in [1.29, 1.82) is 0 Å². The van der Waals surface area contributed by atoms with Crippen LogP contribution in [0.2, 0.25) is 0 Å². The molecule has 0 radical (unpaired) electrons. The third-order valence-corrected chi connectivity index (χ3v) is 1.42. The van der Waals surface area contributed by atoms with E-state index in [9.17, 15) is 0 Å². The van der Waals surface area contributed by atoms with Crippen LogP contribution in [0.15, 0.2) is 0 Å². The minimum atomic E-state index is 0.625. The first-order valence-corrected chi connectivity index (χ1v) is 5.22. The topological polar surface area (TPSA) is 50.1 Å². The maximum Gasteiger partial charge on any atom is 0.00734 e. The molecule has 0 aromatic carbocycles. The zero-order valence-electron chi connectivity index (χ0n) is 10.3. The van der Waals surface area contributed by atoms with Gasteiger partial charge in [-0.3, -0.25) is 0 Å². The molecule has 0 rings (SSSR count). The quantitative estimate of drug-likeness (QED) is 0.626. The Morgan fingerprint density at radius 3 is 1.62 bits per heavy atom. The van der Waals surface area contributed by atoms with Crippen LogP contribution < -0.4 is 16.4 Å². The Bertz CT molecular complexity index is 54.1. The van der Waals surface area contributed by atoms with Crippen molar-refractivity contribution in [3.63, 3.8) is 0 Å². The van der Waals surface area contributed by atoms with Gasteiger partial charge in [-0.1, -0.05) is 20.8 Å². The highest BCUT2D eigenvalue weighted by Gasteiger charge is 1.97. The zero-order chi connectivity index (χ0) is 11.1. The maximum absolute atomic E-state index is 5.34. The second kappa shape index (κ2) is 22.6. The van der Waals surface area contributed by atoms with Gasteiger partial charge in [-0.25, -0.2) is 0 Å². The van der Waals surface area contributed by atoms with E-state index in [1.807, 2.05) is 35.0 Å². The van der Waals surface area contributed by atoms with Crippen LogP contribution in [0.5, 0.6) is 0 Å². The highest BCUT2D eigenvalue weighted by molar-refractivity contribution is 4.60. The van der Waals surface area contributed by atoms with Gasteiger partial charge in [0.05, 0.1) is 0 Å². The smallest absolute Gasteiger partial charge is 0.00734 e. The molecule has 0 heterocycles. The van der Waals surface area contributed by atoms with E-state index >= 15 is 0 Å². The molecule has 0 saturated carbocycles. The van der Waals surface area contributed by atoms with Crippen molar-refractivity contribution >= 4 is 0 Å². The van der Waals surface area contributed by atoms with Gasteiger partial charge in [0.1, 0.15) is 0 Å². The molecule has 4 N–H and O–H groups in total. The molecule has 84 valence electrons. The summed E-state index contributed by atoms with van der Waals surface area (Å²) in [5.41, 5.74) is 5.34. The molecule has 0 aliphatic rings. The van der Waals surface area contributed by atoms with E-state index in [0.29, 0.717) is 6.04 Å². The molecule has 3 nitrogen and oxygen atoms in total. The standard InChI is InChI=1S/C6H16N2.C2H7N.C2H6/c1-3-6(8-2)4-5-7;1-3-2;1-2/h6,8H,3-5,7H2,1-2H3;3H,1-2H3;1-2H3. The van der Waals surface area contributed by atoms with E-state index in [-0.39, 0.29) is 0 Å². The summed E-state index contributed by atoms with van der Waals surface area (Å²) in [6.45, 7) is 6.95. The fraction of sp³-hybridized carbons (Fsp3) is 1.00. The van der Waals surface area contributed by atoms with Crippen molar-refractivity contribution in [3.05, 3.63) is 0 Å². The van der Waals surface area contributed by atoms with Crippen molar-refractivity contribution < 1.29 is 0 Å². The summed E-state index contributed by atoms with van der Waals surface area (Å²) >= 11 is 0. The van der Waals surface area contributed by atoms with Gasteiger partial charge in [-0.15, -0.1) is 0 Å². The highest BCUT2D eigenvalue weighted by atomic mass is 14.9. The molecule has 0 bridgehead atoms. The first-order valence-electron chi connectivity index (χ1n) is 5.22. The molecule has 3 heteroatoms. The third-order valence-electron chi connectivity index (χ3n) is 1.42. The monoisotopic (exact) mass is 191 g/mol. The van der Waals surface area contributed by atoms with Crippen LogP contribution >= 0.6 is 0 Å². The van der Waals surface area contributed by atoms with Crippen LogP contribution in [0.1, 0.15) is 33.6 Å². The van der Waals surface area contributed by atoms with Gasteiger partial charge in [0.25, 0.3) is 0 Å². The van der Waals surface area contributed by atoms with Crippen LogP contribution in [0, 0.1) is 0 Å². The van der Waals surface area contributed by atoms with Crippen molar-refractivity contribution in [2.24, 2.45) is 5.73 Å². The molecule has 0 aromatic heterocycles. The Morgan fingerprint density at radius 1 is 1.15 bits per heavy atom. The van der Waals surface area contributed by atoms with Crippen molar-refractivity contribution in [1.82, 2.24) is 10.6 Å². The average Bonchev–Trinajstić information content (AvgIpc) is 2.18. The Balaban J connectivity index is -0.000000169. The normalized spacial score (nSPS) is 10.4. The van der Waals surface area contributed by atoms with E-state index < -0.39 is 0 Å². The fourth-order valence-corrected chi connectivity index (χ4v) is 0.754. The zero-order valence-corrected chi connectivity index (χ0v) is 10.3. The van der Waals surface area contributed by atoms with Gasteiger partial charge in [0.15, 0.2) is 0 Å². The van der Waals surface area contributed by atoms with Gasteiger partial charge >= 0.3 is 0 Å². The molecular weight excluding hydrogens is 162 g/mol. The summed E-state index contributed by atoms with van der Waals surface area (Å²) in [5, 5.41) is 5.92. The van der Waals surface area contributed by atoms with Crippen LogP contribution in [0.3, 0.4) is 0 Å². The second-order valence-corrected chi connectivity index (χ2v) is 2.47. The number of nitrogens with one attached hydrogen (secondary N) is 2. The number of hydrogen-bond acceptors (Lipinski definition) is 3. The van der Waals surface area contributed by atoms with Crippen molar-refractivity contribution in [2.45, 2.75) is 39.7 Å². The van der Waals surface area contributed by atoms with E-state index in [1.165, 1.54) is 6.42 Å². The molecule has 0 saturated heterocycles. The second-order valence-electron chi connectivity index (χ2n) is 2.47. The molecule has 0 aliphatic heterocycles.